The summed E-state index contributed by atoms with van der Waals surface area (Å²) in [6.07, 6.45) is -0.598. The van der Waals surface area contributed by atoms with E-state index < -0.39 is 29.6 Å². The highest BCUT2D eigenvalue weighted by Gasteiger charge is 2.35. The molecule has 0 saturated heterocycles. The molecule has 2 nitrogen and oxygen atoms in total. The maximum Gasteiger partial charge on any atom is 0.255 e. The SMILES string of the molecule is Cc1cc(C(F)=CC(c2cc(Cl)c(Cl)c(Cl)c2)C(C)(F)F)ccc1C(=O)C(O)c1ccccc1. The molecule has 3 aromatic carbocycles. The summed E-state index contributed by atoms with van der Waals surface area (Å²) in [5, 5.41) is 10.4. The summed E-state index contributed by atoms with van der Waals surface area (Å²) in [5.74, 6) is -6.49. The van der Waals surface area contributed by atoms with E-state index >= 15 is 4.39 Å². The van der Waals surface area contributed by atoms with Crippen LogP contribution in [0.3, 0.4) is 0 Å². The van der Waals surface area contributed by atoms with E-state index in [4.69, 9.17) is 34.8 Å². The van der Waals surface area contributed by atoms with Crippen LogP contribution in [0.4, 0.5) is 13.2 Å². The van der Waals surface area contributed by atoms with Crippen LogP contribution in [0.15, 0.2) is 66.7 Å². The fourth-order valence-corrected chi connectivity index (χ4v) is 4.17. The molecule has 0 saturated carbocycles. The van der Waals surface area contributed by atoms with Gasteiger partial charge < -0.3 is 5.11 Å². The van der Waals surface area contributed by atoms with Gasteiger partial charge in [0.2, 0.25) is 0 Å². The standard InChI is InChI=1S/C26H20Cl3F3O2/c1-14-10-16(8-9-18(14)25(34)24(33)15-6-4-3-5-7-15)22(30)13-19(26(2,31)32)17-11-20(27)23(29)21(28)12-17/h3-13,19,24,33H,1-2H3. The molecular formula is C26H20Cl3F3O2. The van der Waals surface area contributed by atoms with Crippen molar-refractivity contribution in [2.75, 3.05) is 0 Å². The smallest absolute Gasteiger partial charge is 0.255 e. The van der Waals surface area contributed by atoms with Gasteiger partial charge in [-0.3, -0.25) is 4.79 Å². The number of aliphatic hydroxyl groups is 1. The van der Waals surface area contributed by atoms with E-state index in [1.165, 1.54) is 30.3 Å². The Morgan fingerprint density at radius 3 is 2.09 bits per heavy atom. The van der Waals surface area contributed by atoms with Crippen molar-refractivity contribution in [2.45, 2.75) is 31.8 Å². The van der Waals surface area contributed by atoms with E-state index in [0.29, 0.717) is 18.1 Å². The molecule has 0 aromatic heterocycles. The van der Waals surface area contributed by atoms with Gasteiger partial charge in [-0.15, -0.1) is 0 Å². The Kier molecular flexibility index (Phi) is 8.14. The molecule has 0 spiro atoms. The molecule has 8 heteroatoms. The quantitative estimate of drug-likeness (QED) is 0.247. The van der Waals surface area contributed by atoms with Crippen molar-refractivity contribution in [3.63, 3.8) is 0 Å². The summed E-state index contributed by atoms with van der Waals surface area (Å²) in [5.41, 5.74) is 1.01. The van der Waals surface area contributed by atoms with Crippen LogP contribution in [-0.4, -0.2) is 16.8 Å². The van der Waals surface area contributed by atoms with Crippen LogP contribution < -0.4 is 0 Å². The number of benzene rings is 3. The van der Waals surface area contributed by atoms with E-state index in [0.717, 1.165) is 6.08 Å². The van der Waals surface area contributed by atoms with Gasteiger partial charge in [-0.1, -0.05) is 77.3 Å². The van der Waals surface area contributed by atoms with Crippen molar-refractivity contribution in [3.05, 3.63) is 110 Å². The first-order valence-corrected chi connectivity index (χ1v) is 11.3. The molecular weight excluding hydrogens is 508 g/mol. The molecule has 0 aliphatic carbocycles. The average molecular weight is 528 g/mol. The number of Topliss-reactive ketones (excluding diaryl/α,β-unsaturated/α-hetero) is 1. The van der Waals surface area contributed by atoms with Gasteiger partial charge in [-0.25, -0.2) is 13.2 Å². The van der Waals surface area contributed by atoms with Crippen LogP contribution >= 0.6 is 34.8 Å². The Balaban J connectivity index is 1.95. The zero-order valence-corrected chi connectivity index (χ0v) is 20.4. The minimum Gasteiger partial charge on any atom is -0.380 e. The maximum atomic E-state index is 15.1. The highest BCUT2D eigenvalue weighted by Crippen LogP contribution is 2.41. The number of aliphatic hydroxyl groups excluding tert-OH is 1. The Bertz CT molecular complexity index is 1210. The number of aryl methyl sites for hydroxylation is 1. The number of carbonyl (C=O) groups excluding carboxylic acids is 1. The maximum absolute atomic E-state index is 15.1. The van der Waals surface area contributed by atoms with Crippen molar-refractivity contribution in [2.24, 2.45) is 0 Å². The van der Waals surface area contributed by atoms with Gasteiger partial charge in [0.1, 0.15) is 11.9 Å². The third-order valence-corrected chi connectivity index (χ3v) is 6.55. The van der Waals surface area contributed by atoms with Crippen LogP contribution in [0, 0.1) is 6.92 Å². The number of hydrogen-bond acceptors (Lipinski definition) is 2. The van der Waals surface area contributed by atoms with Crippen molar-refractivity contribution < 1.29 is 23.1 Å². The minimum absolute atomic E-state index is 0.00319. The molecule has 1 N–H and O–H groups in total. The summed E-state index contributed by atoms with van der Waals surface area (Å²) >= 11 is 17.9. The average Bonchev–Trinajstić information content (AvgIpc) is 2.79. The second-order valence-electron chi connectivity index (χ2n) is 7.95. The van der Waals surface area contributed by atoms with Crippen molar-refractivity contribution >= 4 is 46.4 Å². The highest BCUT2D eigenvalue weighted by molar-refractivity contribution is 6.48. The number of carbonyl (C=O) groups is 1. The molecule has 0 aliphatic rings. The summed E-state index contributed by atoms with van der Waals surface area (Å²) in [7, 11) is 0. The summed E-state index contributed by atoms with van der Waals surface area (Å²) in [4.78, 5) is 12.7. The largest absolute Gasteiger partial charge is 0.380 e. The number of ketones is 1. The fourth-order valence-electron chi connectivity index (χ4n) is 3.56. The molecule has 34 heavy (non-hydrogen) atoms. The summed E-state index contributed by atoms with van der Waals surface area (Å²) < 4.78 is 43.9. The minimum atomic E-state index is -3.34. The lowest BCUT2D eigenvalue weighted by atomic mass is 9.91. The lowest BCUT2D eigenvalue weighted by molar-refractivity contribution is 0.00669. The number of rotatable bonds is 7. The molecule has 0 amide bonds. The molecule has 3 aromatic rings. The predicted octanol–water partition coefficient (Wildman–Crippen LogP) is 8.62. The first-order chi connectivity index (χ1) is 15.9. The molecule has 0 radical (unpaired) electrons. The number of hydrogen-bond donors (Lipinski definition) is 1. The van der Waals surface area contributed by atoms with Crippen molar-refractivity contribution in [1.29, 1.82) is 0 Å². The number of alkyl halides is 2. The second-order valence-corrected chi connectivity index (χ2v) is 9.15. The molecule has 0 fully saturated rings. The predicted molar refractivity (Wildman–Crippen MR) is 131 cm³/mol. The lowest BCUT2D eigenvalue weighted by Gasteiger charge is -2.22. The van der Waals surface area contributed by atoms with Crippen LogP contribution in [0.25, 0.3) is 5.83 Å². The Morgan fingerprint density at radius 1 is 0.971 bits per heavy atom. The lowest BCUT2D eigenvalue weighted by Crippen LogP contribution is -2.21. The number of allylic oxidation sites excluding steroid dienone is 1. The highest BCUT2D eigenvalue weighted by atomic mass is 35.5. The summed E-state index contributed by atoms with van der Waals surface area (Å²) in [6.45, 7) is 2.24. The van der Waals surface area contributed by atoms with Gasteiger partial charge in [-0.05, 0) is 47.9 Å². The van der Waals surface area contributed by atoms with E-state index in [9.17, 15) is 18.7 Å². The van der Waals surface area contributed by atoms with Gasteiger partial charge >= 0.3 is 0 Å². The molecule has 2 atom stereocenters. The number of halogens is 6. The van der Waals surface area contributed by atoms with Crippen LogP contribution in [0.2, 0.25) is 15.1 Å². The Labute approximate surface area is 210 Å². The topological polar surface area (TPSA) is 37.3 Å². The molecule has 0 heterocycles. The van der Waals surface area contributed by atoms with E-state index in [2.05, 4.69) is 0 Å². The zero-order chi connectivity index (χ0) is 25.2. The van der Waals surface area contributed by atoms with Gasteiger partial charge in [0, 0.05) is 18.1 Å². The Morgan fingerprint density at radius 2 is 1.56 bits per heavy atom. The normalized spacial score (nSPS) is 14.1. The van der Waals surface area contributed by atoms with Gasteiger partial charge in [0.15, 0.2) is 5.78 Å². The van der Waals surface area contributed by atoms with Gasteiger partial charge in [0.25, 0.3) is 5.92 Å². The molecule has 3 rings (SSSR count). The third-order valence-electron chi connectivity index (χ3n) is 5.36. The molecule has 2 unspecified atom stereocenters. The van der Waals surface area contributed by atoms with Crippen molar-refractivity contribution in [3.8, 4) is 0 Å². The fraction of sp³-hybridized carbons (Fsp3) is 0.192. The zero-order valence-electron chi connectivity index (χ0n) is 18.1. The van der Waals surface area contributed by atoms with E-state index in [1.807, 2.05) is 0 Å². The van der Waals surface area contributed by atoms with Gasteiger partial charge in [0.05, 0.1) is 21.0 Å². The van der Waals surface area contributed by atoms with Crippen LogP contribution in [0.5, 0.6) is 0 Å². The van der Waals surface area contributed by atoms with Crippen LogP contribution in [0.1, 0.15) is 51.6 Å². The first-order valence-electron chi connectivity index (χ1n) is 10.2. The summed E-state index contributed by atoms with van der Waals surface area (Å²) in [6, 6.07) is 14.9. The molecule has 0 bridgehead atoms. The first kappa shape index (κ1) is 26.3. The monoisotopic (exact) mass is 526 g/mol. The van der Waals surface area contributed by atoms with E-state index in [-0.39, 0.29) is 31.8 Å². The Hall–Kier alpha value is -2.31. The molecule has 0 aliphatic heterocycles. The molecule has 178 valence electrons. The van der Waals surface area contributed by atoms with E-state index in [1.54, 1.807) is 37.3 Å². The van der Waals surface area contributed by atoms with Crippen molar-refractivity contribution in [1.82, 2.24) is 0 Å². The van der Waals surface area contributed by atoms with Gasteiger partial charge in [-0.2, -0.15) is 0 Å². The van der Waals surface area contributed by atoms with Crippen LogP contribution in [-0.2, 0) is 0 Å². The second kappa shape index (κ2) is 10.5. The third kappa shape index (κ3) is 5.84.